The lowest BCUT2D eigenvalue weighted by atomic mass is 9.77. The monoisotopic (exact) mass is 342 g/mol. The van der Waals surface area contributed by atoms with Gasteiger partial charge in [-0.2, -0.15) is 8.78 Å². The Hall–Kier alpha value is -1.73. The number of carbonyl (C=O) groups is 1. The zero-order valence-corrected chi connectivity index (χ0v) is 13.8. The zero-order chi connectivity index (χ0) is 17.6. The maximum atomic E-state index is 12.4. The van der Waals surface area contributed by atoms with E-state index in [2.05, 4.69) is 17.0 Å². The maximum Gasteiger partial charge on any atom is 0.387 e. The van der Waals surface area contributed by atoms with Crippen LogP contribution in [0.25, 0.3) is 0 Å². The number of ether oxygens (including phenoxy) is 1. The second-order valence-corrected chi connectivity index (χ2v) is 6.21. The van der Waals surface area contributed by atoms with Gasteiger partial charge in [0.15, 0.2) is 0 Å². The molecule has 0 unspecified atom stereocenters. The Kier molecular flexibility index (Phi) is 6.51. The minimum absolute atomic E-state index is 0.0370. The van der Waals surface area contributed by atoms with Crippen LogP contribution in [0.5, 0.6) is 5.75 Å². The van der Waals surface area contributed by atoms with Gasteiger partial charge in [0.05, 0.1) is 12.2 Å². The number of benzene rings is 1. The molecule has 1 heterocycles. The number of anilines is 1. The topological polar surface area (TPSA) is 61.8 Å². The molecule has 2 N–H and O–H groups in total. The van der Waals surface area contributed by atoms with E-state index in [0.717, 1.165) is 32.4 Å². The van der Waals surface area contributed by atoms with Crippen molar-refractivity contribution in [3.63, 3.8) is 0 Å². The number of aliphatic hydroxyl groups is 1. The van der Waals surface area contributed by atoms with Crippen molar-refractivity contribution < 1.29 is 23.4 Å². The van der Waals surface area contributed by atoms with Gasteiger partial charge in [-0.15, -0.1) is 0 Å². The molecule has 24 heavy (non-hydrogen) atoms. The molecule has 0 atom stereocenters. The minimum Gasteiger partial charge on any atom is -0.433 e. The minimum atomic E-state index is -2.94. The van der Waals surface area contributed by atoms with E-state index >= 15 is 0 Å². The molecule has 1 aliphatic heterocycles. The van der Waals surface area contributed by atoms with Crippen LogP contribution in [-0.2, 0) is 4.79 Å². The van der Waals surface area contributed by atoms with E-state index < -0.39 is 6.61 Å². The molecule has 7 heteroatoms. The third kappa shape index (κ3) is 4.88. The van der Waals surface area contributed by atoms with Crippen LogP contribution in [0, 0.1) is 5.41 Å². The number of hydrogen-bond donors (Lipinski definition) is 2. The number of alkyl halides is 2. The third-order valence-electron chi connectivity index (χ3n) is 4.75. The molecular weight excluding hydrogens is 318 g/mol. The smallest absolute Gasteiger partial charge is 0.387 e. The first-order valence-corrected chi connectivity index (χ1v) is 8.15. The number of nitrogens with zero attached hydrogens (tertiary/aromatic N) is 1. The molecule has 0 aromatic heterocycles. The van der Waals surface area contributed by atoms with Crippen LogP contribution >= 0.6 is 0 Å². The molecule has 1 aromatic rings. The fourth-order valence-electron chi connectivity index (χ4n) is 2.97. The summed E-state index contributed by atoms with van der Waals surface area (Å²) in [5, 5.41) is 12.2. The van der Waals surface area contributed by atoms with E-state index in [4.69, 9.17) is 0 Å². The SMILES string of the molecule is CCC1(CO)CCN(CC(=O)Nc2ccccc2OC(F)F)CC1. The van der Waals surface area contributed by atoms with Gasteiger partial charge >= 0.3 is 6.61 Å². The highest BCUT2D eigenvalue weighted by molar-refractivity contribution is 5.93. The van der Waals surface area contributed by atoms with Crippen molar-refractivity contribution in [3.05, 3.63) is 24.3 Å². The van der Waals surface area contributed by atoms with Crippen molar-refractivity contribution in [2.75, 3.05) is 31.6 Å². The van der Waals surface area contributed by atoms with Crippen LogP contribution in [0.2, 0.25) is 0 Å². The summed E-state index contributed by atoms with van der Waals surface area (Å²) in [5.41, 5.74) is 0.197. The lowest BCUT2D eigenvalue weighted by Gasteiger charge is -2.39. The molecule has 5 nitrogen and oxygen atoms in total. The van der Waals surface area contributed by atoms with E-state index in [1.54, 1.807) is 12.1 Å². The largest absolute Gasteiger partial charge is 0.433 e. The Morgan fingerprint density at radius 1 is 1.38 bits per heavy atom. The number of piperidine rings is 1. The third-order valence-corrected chi connectivity index (χ3v) is 4.75. The lowest BCUT2D eigenvalue weighted by molar-refractivity contribution is -0.118. The van der Waals surface area contributed by atoms with Crippen LogP contribution in [0.1, 0.15) is 26.2 Å². The first-order chi connectivity index (χ1) is 11.5. The Bertz CT molecular complexity index is 540. The van der Waals surface area contributed by atoms with Gasteiger partial charge in [-0.3, -0.25) is 9.69 Å². The van der Waals surface area contributed by atoms with Crippen molar-refractivity contribution in [1.29, 1.82) is 0 Å². The molecule has 0 saturated carbocycles. The molecule has 1 saturated heterocycles. The molecular formula is C17H24F2N2O3. The summed E-state index contributed by atoms with van der Waals surface area (Å²) in [6, 6.07) is 6.13. The van der Waals surface area contributed by atoms with Crippen molar-refractivity contribution in [2.45, 2.75) is 32.8 Å². The van der Waals surface area contributed by atoms with Gasteiger partial charge in [0.1, 0.15) is 5.75 Å². The average Bonchev–Trinajstić information content (AvgIpc) is 2.57. The van der Waals surface area contributed by atoms with Crippen molar-refractivity contribution >= 4 is 11.6 Å². The van der Waals surface area contributed by atoms with Crippen molar-refractivity contribution in [1.82, 2.24) is 4.90 Å². The number of amides is 1. The molecule has 1 aromatic carbocycles. The van der Waals surface area contributed by atoms with Gasteiger partial charge in [0.25, 0.3) is 0 Å². The van der Waals surface area contributed by atoms with Crippen molar-refractivity contribution in [2.24, 2.45) is 5.41 Å². The summed E-state index contributed by atoms with van der Waals surface area (Å²) in [4.78, 5) is 14.2. The number of hydrogen-bond acceptors (Lipinski definition) is 4. The summed E-state index contributed by atoms with van der Waals surface area (Å²) in [6.45, 7) is 0.952. The van der Waals surface area contributed by atoms with Crippen LogP contribution in [-0.4, -0.2) is 48.8 Å². The number of para-hydroxylation sites is 2. The van der Waals surface area contributed by atoms with E-state index in [0.29, 0.717) is 0 Å². The summed E-state index contributed by atoms with van der Waals surface area (Å²) < 4.78 is 29.2. The highest BCUT2D eigenvalue weighted by atomic mass is 19.3. The van der Waals surface area contributed by atoms with Gasteiger partial charge in [-0.05, 0) is 49.9 Å². The van der Waals surface area contributed by atoms with Crippen LogP contribution in [0.4, 0.5) is 14.5 Å². The molecule has 1 amide bonds. The first-order valence-electron chi connectivity index (χ1n) is 8.15. The Morgan fingerprint density at radius 3 is 2.62 bits per heavy atom. The molecule has 2 rings (SSSR count). The maximum absolute atomic E-state index is 12.4. The second-order valence-electron chi connectivity index (χ2n) is 6.21. The molecule has 0 bridgehead atoms. The van der Waals surface area contributed by atoms with Gasteiger partial charge in [0.2, 0.25) is 5.91 Å². The summed E-state index contributed by atoms with van der Waals surface area (Å²) in [6.07, 6.45) is 2.61. The number of aliphatic hydroxyl groups excluding tert-OH is 1. The van der Waals surface area contributed by atoms with Gasteiger partial charge in [-0.25, -0.2) is 0 Å². The molecule has 1 fully saturated rings. The Morgan fingerprint density at radius 2 is 2.04 bits per heavy atom. The number of nitrogens with one attached hydrogen (secondary N) is 1. The first kappa shape index (κ1) is 18.6. The standard InChI is InChI=1S/C17H24F2N2O3/c1-2-17(12-22)7-9-21(10-8-17)11-15(23)20-13-5-3-4-6-14(13)24-16(18)19/h3-6,16,22H,2,7-12H2,1H3,(H,20,23). The van der Waals surface area contributed by atoms with Gasteiger partial charge in [-0.1, -0.05) is 19.1 Å². The van der Waals surface area contributed by atoms with E-state index in [-0.39, 0.29) is 35.9 Å². The number of carbonyl (C=O) groups excluding carboxylic acids is 1. The fourth-order valence-corrected chi connectivity index (χ4v) is 2.97. The number of halogens is 2. The van der Waals surface area contributed by atoms with E-state index in [9.17, 15) is 18.7 Å². The van der Waals surface area contributed by atoms with E-state index in [1.807, 2.05) is 4.90 Å². The molecule has 0 radical (unpaired) electrons. The zero-order valence-electron chi connectivity index (χ0n) is 13.8. The number of likely N-dealkylation sites (tertiary alicyclic amines) is 1. The fraction of sp³-hybridized carbons (Fsp3) is 0.588. The lowest BCUT2D eigenvalue weighted by Crippen LogP contribution is -2.44. The predicted octanol–water partition coefficient (Wildman–Crippen LogP) is 2.71. The molecule has 1 aliphatic rings. The molecule has 0 spiro atoms. The van der Waals surface area contributed by atoms with Crippen molar-refractivity contribution in [3.8, 4) is 5.75 Å². The Labute approximate surface area is 140 Å². The number of rotatable bonds is 7. The summed E-state index contributed by atoms with van der Waals surface area (Å²) in [5.74, 6) is -0.321. The normalized spacial score (nSPS) is 17.7. The van der Waals surface area contributed by atoms with Gasteiger partial charge < -0.3 is 15.2 Å². The summed E-state index contributed by atoms with van der Waals surface area (Å²) >= 11 is 0. The predicted molar refractivity (Wildman–Crippen MR) is 87.2 cm³/mol. The second kappa shape index (κ2) is 8.39. The van der Waals surface area contributed by atoms with Crippen LogP contribution in [0.15, 0.2) is 24.3 Å². The van der Waals surface area contributed by atoms with Gasteiger partial charge in [0, 0.05) is 6.61 Å². The molecule has 134 valence electrons. The van der Waals surface area contributed by atoms with Crippen LogP contribution < -0.4 is 10.1 Å². The highest BCUT2D eigenvalue weighted by Crippen LogP contribution is 2.34. The average molecular weight is 342 g/mol. The van der Waals surface area contributed by atoms with Crippen LogP contribution in [0.3, 0.4) is 0 Å². The van der Waals surface area contributed by atoms with E-state index in [1.165, 1.54) is 12.1 Å². The Balaban J connectivity index is 1.89. The summed E-state index contributed by atoms with van der Waals surface area (Å²) in [7, 11) is 0. The molecule has 0 aliphatic carbocycles. The highest BCUT2D eigenvalue weighted by Gasteiger charge is 2.32. The quantitative estimate of drug-likeness (QED) is 0.800.